The summed E-state index contributed by atoms with van der Waals surface area (Å²) in [6.07, 6.45) is -2.19. The smallest absolute Gasteiger partial charge is 0.338 e. The molecule has 1 heterocycles. The van der Waals surface area contributed by atoms with Crippen molar-refractivity contribution < 1.29 is 28.5 Å². The Kier molecular flexibility index (Phi) is 6.21. The van der Waals surface area contributed by atoms with Crippen molar-refractivity contribution in [3.63, 3.8) is 0 Å². The first kappa shape index (κ1) is 19.1. The number of carbonyl (C=O) groups is 2. The van der Waals surface area contributed by atoms with Crippen LogP contribution in [-0.2, 0) is 18.9 Å². The van der Waals surface area contributed by atoms with Gasteiger partial charge in [-0.3, -0.25) is 0 Å². The van der Waals surface area contributed by atoms with Crippen LogP contribution in [0.5, 0.6) is 0 Å². The normalized spacial score (nSPS) is 24.8. The predicted octanol–water partition coefficient (Wildman–Crippen LogP) is 3.22. The fourth-order valence-electron chi connectivity index (χ4n) is 2.98. The van der Waals surface area contributed by atoms with E-state index in [0.717, 1.165) is 0 Å². The average molecular weight is 370 g/mol. The summed E-state index contributed by atoms with van der Waals surface area (Å²) in [5.41, 5.74) is 0.852. The lowest BCUT2D eigenvalue weighted by molar-refractivity contribution is -0.236. The number of ether oxygens (including phenoxy) is 4. The summed E-state index contributed by atoms with van der Waals surface area (Å²) in [4.78, 5) is 24.9. The van der Waals surface area contributed by atoms with Crippen molar-refractivity contribution in [1.82, 2.24) is 0 Å². The summed E-state index contributed by atoms with van der Waals surface area (Å²) in [5, 5.41) is 0. The minimum absolute atomic E-state index is 0.270. The van der Waals surface area contributed by atoms with Gasteiger partial charge in [0.1, 0.15) is 6.10 Å². The van der Waals surface area contributed by atoms with Gasteiger partial charge in [0, 0.05) is 13.5 Å². The Morgan fingerprint density at radius 3 is 1.93 bits per heavy atom. The molecule has 2 aromatic rings. The number of carbonyl (C=O) groups excluding carboxylic acids is 2. The lowest BCUT2D eigenvalue weighted by Gasteiger charge is -2.38. The summed E-state index contributed by atoms with van der Waals surface area (Å²) in [7, 11) is 1.52. The predicted molar refractivity (Wildman–Crippen MR) is 97.3 cm³/mol. The van der Waals surface area contributed by atoms with Gasteiger partial charge in [-0.15, -0.1) is 0 Å². The Hall–Kier alpha value is -2.70. The molecule has 0 unspecified atom stereocenters. The van der Waals surface area contributed by atoms with Crippen molar-refractivity contribution >= 4 is 11.9 Å². The number of rotatable bonds is 5. The number of hydrogen-bond donors (Lipinski definition) is 0. The minimum atomic E-state index is -0.739. The third kappa shape index (κ3) is 4.72. The van der Waals surface area contributed by atoms with Crippen LogP contribution >= 0.6 is 0 Å². The van der Waals surface area contributed by atoms with Crippen molar-refractivity contribution in [2.45, 2.75) is 37.9 Å². The van der Waals surface area contributed by atoms with Gasteiger partial charge in [0.15, 0.2) is 12.4 Å². The first-order valence-electron chi connectivity index (χ1n) is 8.79. The summed E-state index contributed by atoms with van der Waals surface area (Å²) in [5.74, 6) is -0.974. The number of hydrogen-bond acceptors (Lipinski definition) is 6. The molecule has 1 saturated heterocycles. The van der Waals surface area contributed by atoms with Crippen LogP contribution in [0, 0.1) is 0 Å². The van der Waals surface area contributed by atoms with Crippen LogP contribution in [0.15, 0.2) is 60.7 Å². The first-order valence-corrected chi connectivity index (χ1v) is 8.79. The molecule has 0 spiro atoms. The second-order valence-electron chi connectivity index (χ2n) is 6.29. The van der Waals surface area contributed by atoms with Gasteiger partial charge >= 0.3 is 11.9 Å². The van der Waals surface area contributed by atoms with E-state index in [-0.39, 0.29) is 6.42 Å². The molecule has 6 heteroatoms. The number of esters is 2. The molecule has 1 fully saturated rings. The maximum Gasteiger partial charge on any atom is 0.338 e. The largest absolute Gasteiger partial charge is 0.455 e. The fraction of sp³-hybridized carbons (Fsp3) is 0.333. The van der Waals surface area contributed by atoms with Crippen LogP contribution in [-0.4, -0.2) is 43.7 Å². The van der Waals surface area contributed by atoms with Crippen LogP contribution < -0.4 is 0 Å². The molecule has 3 rings (SSSR count). The monoisotopic (exact) mass is 370 g/mol. The van der Waals surface area contributed by atoms with Gasteiger partial charge in [-0.1, -0.05) is 36.4 Å². The van der Waals surface area contributed by atoms with Crippen molar-refractivity contribution in [2.75, 3.05) is 7.11 Å². The van der Waals surface area contributed by atoms with Crippen LogP contribution in [0.25, 0.3) is 0 Å². The molecule has 0 aromatic heterocycles. The van der Waals surface area contributed by atoms with E-state index < -0.39 is 36.5 Å². The Morgan fingerprint density at radius 1 is 0.889 bits per heavy atom. The standard InChI is InChI=1S/C21H22O6/c1-14-19(27-21(23)16-11-7-4-8-12-16)17(13-18(24-2)25-14)26-20(22)15-9-5-3-6-10-15/h3-12,14,17-19H,13H2,1-2H3/t14-,17+,18+,19-/m1/s1. The van der Waals surface area contributed by atoms with E-state index in [9.17, 15) is 9.59 Å². The lowest BCUT2D eigenvalue weighted by atomic mass is 10.0. The SMILES string of the molecule is CO[C@@H]1C[C@H](OC(=O)c2ccccc2)[C@H](OC(=O)c2ccccc2)[C@@H](C)O1. The van der Waals surface area contributed by atoms with Gasteiger partial charge in [0.2, 0.25) is 0 Å². The van der Waals surface area contributed by atoms with E-state index in [4.69, 9.17) is 18.9 Å². The summed E-state index contributed by atoms with van der Waals surface area (Å²) in [6.45, 7) is 1.76. The van der Waals surface area contributed by atoms with Crippen LogP contribution in [0.3, 0.4) is 0 Å². The molecular formula is C21H22O6. The molecule has 1 aliphatic rings. The Balaban J connectivity index is 1.76. The number of benzene rings is 2. The van der Waals surface area contributed by atoms with Crippen LogP contribution in [0.2, 0.25) is 0 Å². The zero-order valence-corrected chi connectivity index (χ0v) is 15.2. The summed E-state index contributed by atoms with van der Waals surface area (Å²) >= 11 is 0. The molecule has 4 atom stereocenters. The topological polar surface area (TPSA) is 71.1 Å². The maximum absolute atomic E-state index is 12.5. The number of methoxy groups -OCH3 is 1. The third-order valence-corrected chi connectivity index (χ3v) is 4.40. The molecule has 0 aliphatic carbocycles. The fourth-order valence-corrected chi connectivity index (χ4v) is 2.98. The summed E-state index contributed by atoms with van der Waals surface area (Å²) in [6, 6.07) is 17.3. The molecule has 142 valence electrons. The minimum Gasteiger partial charge on any atom is -0.455 e. The van der Waals surface area contributed by atoms with Gasteiger partial charge in [-0.25, -0.2) is 9.59 Å². The van der Waals surface area contributed by atoms with Crippen molar-refractivity contribution in [2.24, 2.45) is 0 Å². The highest BCUT2D eigenvalue weighted by atomic mass is 16.7. The second kappa shape index (κ2) is 8.79. The highest BCUT2D eigenvalue weighted by Gasteiger charge is 2.42. The molecule has 6 nitrogen and oxygen atoms in total. The van der Waals surface area contributed by atoms with E-state index in [1.165, 1.54) is 7.11 Å². The molecule has 27 heavy (non-hydrogen) atoms. The van der Waals surface area contributed by atoms with Gasteiger partial charge in [0.05, 0.1) is 17.2 Å². The molecule has 0 bridgehead atoms. The van der Waals surface area contributed by atoms with Gasteiger partial charge in [-0.2, -0.15) is 0 Å². The van der Waals surface area contributed by atoms with E-state index >= 15 is 0 Å². The van der Waals surface area contributed by atoms with Crippen molar-refractivity contribution in [1.29, 1.82) is 0 Å². The van der Waals surface area contributed by atoms with E-state index in [2.05, 4.69) is 0 Å². The zero-order chi connectivity index (χ0) is 19.2. The summed E-state index contributed by atoms with van der Waals surface area (Å²) < 4.78 is 22.3. The third-order valence-electron chi connectivity index (χ3n) is 4.40. The highest BCUT2D eigenvalue weighted by Crippen LogP contribution is 2.27. The van der Waals surface area contributed by atoms with E-state index in [1.807, 2.05) is 12.1 Å². The zero-order valence-electron chi connectivity index (χ0n) is 15.2. The Labute approximate surface area is 158 Å². The van der Waals surface area contributed by atoms with E-state index in [1.54, 1.807) is 55.5 Å². The average Bonchev–Trinajstić information content (AvgIpc) is 2.71. The van der Waals surface area contributed by atoms with E-state index in [0.29, 0.717) is 11.1 Å². The molecular weight excluding hydrogens is 348 g/mol. The highest BCUT2D eigenvalue weighted by molar-refractivity contribution is 5.90. The maximum atomic E-state index is 12.5. The molecule has 0 radical (unpaired) electrons. The van der Waals surface area contributed by atoms with Gasteiger partial charge in [0.25, 0.3) is 0 Å². The van der Waals surface area contributed by atoms with Gasteiger partial charge in [-0.05, 0) is 31.2 Å². The Morgan fingerprint density at radius 2 is 1.41 bits per heavy atom. The van der Waals surface area contributed by atoms with Crippen LogP contribution in [0.1, 0.15) is 34.1 Å². The molecule has 0 amide bonds. The molecule has 0 saturated carbocycles. The second-order valence-corrected chi connectivity index (χ2v) is 6.29. The van der Waals surface area contributed by atoms with Crippen molar-refractivity contribution in [3.05, 3.63) is 71.8 Å². The molecule has 1 aliphatic heterocycles. The quantitative estimate of drug-likeness (QED) is 0.753. The Bertz CT molecular complexity index is 761. The molecule has 2 aromatic carbocycles. The first-order chi connectivity index (χ1) is 13.1. The lowest BCUT2D eigenvalue weighted by Crippen LogP contribution is -2.51. The van der Waals surface area contributed by atoms with Gasteiger partial charge < -0.3 is 18.9 Å². The van der Waals surface area contributed by atoms with Crippen molar-refractivity contribution in [3.8, 4) is 0 Å². The molecule has 0 N–H and O–H groups in total. The van der Waals surface area contributed by atoms with Crippen LogP contribution in [0.4, 0.5) is 0 Å².